The summed E-state index contributed by atoms with van der Waals surface area (Å²) >= 11 is 0. The molecule has 2 aromatic carbocycles. The van der Waals surface area contributed by atoms with Crippen molar-refractivity contribution in [2.24, 2.45) is 0 Å². The van der Waals surface area contributed by atoms with E-state index in [4.69, 9.17) is 0 Å². The zero-order chi connectivity index (χ0) is 23.8. The van der Waals surface area contributed by atoms with Crippen LogP contribution in [-0.4, -0.2) is 29.7 Å². The van der Waals surface area contributed by atoms with Gasteiger partial charge in [-0.3, -0.25) is 0 Å². The van der Waals surface area contributed by atoms with Crippen molar-refractivity contribution in [3.8, 4) is 11.4 Å². The zero-order valence-electron chi connectivity index (χ0n) is 17.2. The zero-order valence-corrected chi connectivity index (χ0v) is 18.0. The number of aryl methyl sites for hydroxylation is 1. The molecule has 0 spiro atoms. The summed E-state index contributed by atoms with van der Waals surface area (Å²) in [4.78, 5) is 3.40. The average molecular weight is 482 g/mol. The summed E-state index contributed by atoms with van der Waals surface area (Å²) in [6.45, 7) is 2.28. The SMILES string of the molecule is Cc1cn(CCNS(=O)(=O)Cc2ccc(F)cc2)c2ccc(-c3noc(C(F)(F)F)n3)cc12. The smallest absolute Gasteiger partial charge is 0.346 e. The molecule has 0 aliphatic heterocycles. The topological polar surface area (TPSA) is 90.0 Å². The molecular weight excluding hydrogens is 464 g/mol. The van der Waals surface area contributed by atoms with Gasteiger partial charge in [-0.05, 0) is 48.4 Å². The van der Waals surface area contributed by atoms with Gasteiger partial charge in [0, 0.05) is 35.8 Å². The highest BCUT2D eigenvalue weighted by Crippen LogP contribution is 2.31. The Morgan fingerprint density at radius 2 is 1.85 bits per heavy atom. The van der Waals surface area contributed by atoms with Gasteiger partial charge >= 0.3 is 12.1 Å². The molecule has 0 aliphatic carbocycles. The van der Waals surface area contributed by atoms with E-state index in [1.165, 1.54) is 24.3 Å². The number of nitrogens with zero attached hydrogens (tertiary/aromatic N) is 3. The van der Waals surface area contributed by atoms with Gasteiger partial charge in [0.05, 0.1) is 5.75 Å². The fourth-order valence-electron chi connectivity index (χ4n) is 3.43. The number of hydrogen-bond acceptors (Lipinski definition) is 5. The predicted octanol–water partition coefficient (Wildman–Crippen LogP) is 4.28. The van der Waals surface area contributed by atoms with Crippen LogP contribution >= 0.6 is 0 Å². The van der Waals surface area contributed by atoms with Crippen molar-refractivity contribution in [3.05, 3.63) is 71.5 Å². The largest absolute Gasteiger partial charge is 0.471 e. The van der Waals surface area contributed by atoms with Crippen molar-refractivity contribution in [1.29, 1.82) is 0 Å². The molecule has 174 valence electrons. The molecule has 0 unspecified atom stereocenters. The number of sulfonamides is 1. The lowest BCUT2D eigenvalue weighted by Gasteiger charge is -2.09. The summed E-state index contributed by atoms with van der Waals surface area (Å²) in [7, 11) is -3.62. The third-order valence-corrected chi connectivity index (χ3v) is 6.31. The second kappa shape index (κ2) is 8.60. The van der Waals surface area contributed by atoms with Gasteiger partial charge in [0.1, 0.15) is 5.82 Å². The number of benzene rings is 2. The monoisotopic (exact) mass is 482 g/mol. The summed E-state index contributed by atoms with van der Waals surface area (Å²) in [5.41, 5.74) is 2.45. The Bertz CT molecular complexity index is 1390. The van der Waals surface area contributed by atoms with Gasteiger partial charge in [-0.1, -0.05) is 17.3 Å². The lowest BCUT2D eigenvalue weighted by molar-refractivity contribution is -0.159. The molecule has 0 radical (unpaired) electrons. The van der Waals surface area contributed by atoms with Crippen LogP contribution in [0.25, 0.3) is 22.3 Å². The van der Waals surface area contributed by atoms with Crippen LogP contribution in [0.2, 0.25) is 0 Å². The molecule has 1 N–H and O–H groups in total. The van der Waals surface area contributed by atoms with Crippen molar-refractivity contribution >= 4 is 20.9 Å². The Morgan fingerprint density at radius 1 is 1.12 bits per heavy atom. The van der Waals surface area contributed by atoms with Gasteiger partial charge in [-0.15, -0.1) is 0 Å². The fourth-order valence-corrected chi connectivity index (χ4v) is 4.56. The molecule has 7 nitrogen and oxygen atoms in total. The maximum atomic E-state index is 13.0. The summed E-state index contributed by atoms with van der Waals surface area (Å²) in [6, 6.07) is 10.2. The number of nitrogens with one attached hydrogen (secondary N) is 1. The van der Waals surface area contributed by atoms with E-state index in [0.717, 1.165) is 16.5 Å². The lowest BCUT2D eigenvalue weighted by Crippen LogP contribution is -2.28. The van der Waals surface area contributed by atoms with Crippen LogP contribution in [0.4, 0.5) is 17.6 Å². The van der Waals surface area contributed by atoms with Crippen molar-refractivity contribution in [3.63, 3.8) is 0 Å². The van der Waals surface area contributed by atoms with Crippen LogP contribution in [0.5, 0.6) is 0 Å². The molecular formula is C21H18F4N4O3S. The summed E-state index contributed by atoms with van der Waals surface area (Å²) < 4.78 is 84.4. The first kappa shape index (κ1) is 22.9. The van der Waals surface area contributed by atoms with E-state index in [1.807, 2.05) is 17.7 Å². The van der Waals surface area contributed by atoms with Crippen LogP contribution in [0.1, 0.15) is 17.0 Å². The highest BCUT2D eigenvalue weighted by Gasteiger charge is 2.38. The van der Waals surface area contributed by atoms with E-state index >= 15 is 0 Å². The quantitative estimate of drug-likeness (QED) is 0.397. The van der Waals surface area contributed by atoms with Gasteiger partial charge in [-0.25, -0.2) is 17.5 Å². The first-order valence-corrected chi connectivity index (χ1v) is 11.4. The molecule has 0 aliphatic rings. The molecule has 0 saturated carbocycles. The number of rotatable bonds is 7. The first-order valence-electron chi connectivity index (χ1n) is 9.74. The Balaban J connectivity index is 1.46. The summed E-state index contributed by atoms with van der Waals surface area (Å²) in [5.74, 6) is -2.31. The Hall–Kier alpha value is -3.25. The predicted molar refractivity (Wildman–Crippen MR) is 112 cm³/mol. The summed E-state index contributed by atoms with van der Waals surface area (Å²) in [6.07, 6.45) is -2.90. The fraction of sp³-hybridized carbons (Fsp3) is 0.238. The molecule has 0 bridgehead atoms. The highest BCUT2D eigenvalue weighted by molar-refractivity contribution is 7.88. The van der Waals surface area contributed by atoms with Crippen molar-refractivity contribution in [1.82, 2.24) is 19.4 Å². The van der Waals surface area contributed by atoms with Gasteiger partial charge in [0.15, 0.2) is 0 Å². The number of halogens is 4. The molecule has 2 aromatic heterocycles. The second-order valence-corrected chi connectivity index (χ2v) is 9.25. The van der Waals surface area contributed by atoms with Crippen molar-refractivity contribution < 1.29 is 30.5 Å². The number of fused-ring (bicyclic) bond motifs is 1. The third-order valence-electron chi connectivity index (χ3n) is 4.95. The van der Waals surface area contributed by atoms with E-state index in [-0.39, 0.29) is 18.1 Å². The molecule has 0 saturated heterocycles. The second-order valence-electron chi connectivity index (χ2n) is 7.44. The molecule has 33 heavy (non-hydrogen) atoms. The van der Waals surface area contributed by atoms with Crippen LogP contribution in [0, 0.1) is 12.7 Å². The van der Waals surface area contributed by atoms with Gasteiger partial charge in [0.2, 0.25) is 15.8 Å². The molecule has 0 amide bonds. The van der Waals surface area contributed by atoms with Crippen molar-refractivity contribution in [2.75, 3.05) is 6.54 Å². The molecule has 2 heterocycles. The van der Waals surface area contributed by atoms with E-state index in [1.54, 1.807) is 18.2 Å². The molecule has 4 rings (SSSR count). The molecule has 0 atom stereocenters. The minimum absolute atomic E-state index is 0.119. The minimum Gasteiger partial charge on any atom is -0.346 e. The highest BCUT2D eigenvalue weighted by atomic mass is 32.2. The Labute approximate surface area is 186 Å². The normalized spacial score (nSPS) is 12.5. The van der Waals surface area contributed by atoms with Crippen molar-refractivity contribution in [2.45, 2.75) is 25.4 Å². The minimum atomic E-state index is -4.72. The first-order chi connectivity index (χ1) is 15.5. The van der Waals surface area contributed by atoms with E-state index in [0.29, 0.717) is 17.7 Å². The van der Waals surface area contributed by atoms with Crippen LogP contribution in [0.3, 0.4) is 0 Å². The summed E-state index contributed by atoms with van der Waals surface area (Å²) in [5, 5.41) is 4.17. The van der Waals surface area contributed by atoms with Gasteiger partial charge in [0.25, 0.3) is 0 Å². The number of aromatic nitrogens is 3. The maximum Gasteiger partial charge on any atom is 0.471 e. The van der Waals surface area contributed by atoms with E-state index in [9.17, 15) is 26.0 Å². The van der Waals surface area contributed by atoms with Crippen LogP contribution in [-0.2, 0) is 28.5 Å². The van der Waals surface area contributed by atoms with E-state index in [2.05, 4.69) is 19.4 Å². The lowest BCUT2D eigenvalue weighted by atomic mass is 10.1. The molecule has 4 aromatic rings. The van der Waals surface area contributed by atoms with Gasteiger partial charge in [-0.2, -0.15) is 18.2 Å². The van der Waals surface area contributed by atoms with Gasteiger partial charge < -0.3 is 9.09 Å². The number of hydrogen-bond donors (Lipinski definition) is 1. The number of alkyl halides is 3. The van der Waals surface area contributed by atoms with Crippen LogP contribution < -0.4 is 4.72 Å². The molecule has 12 heteroatoms. The van der Waals surface area contributed by atoms with Crippen LogP contribution in [0.15, 0.2) is 53.2 Å². The Kier molecular flexibility index (Phi) is 5.97. The maximum absolute atomic E-state index is 13.0. The molecule has 0 fully saturated rings. The third kappa shape index (κ3) is 5.22. The Morgan fingerprint density at radius 3 is 2.52 bits per heavy atom. The average Bonchev–Trinajstić information content (AvgIpc) is 3.35. The van der Waals surface area contributed by atoms with E-state index < -0.39 is 27.9 Å². The standard InChI is InChI=1S/C21H18F4N4O3S/c1-13-11-29(9-8-26-33(30,31)12-14-2-5-16(22)6-3-14)18-7-4-15(10-17(13)18)19-27-20(32-28-19)21(23,24)25/h2-7,10-11,26H,8-9,12H2,1H3.